The molecule has 0 bridgehead atoms. The normalized spacial score (nSPS) is 23.2. The zero-order chi connectivity index (χ0) is 17.2. The summed E-state index contributed by atoms with van der Waals surface area (Å²) in [6.45, 7) is 14.5. The smallest absolute Gasteiger partial charge is 0.193 e. The minimum Gasteiger partial charge on any atom is -0.381 e. The van der Waals surface area contributed by atoms with Crippen LogP contribution in [0.25, 0.3) is 0 Å². The van der Waals surface area contributed by atoms with E-state index in [1.807, 2.05) is 7.05 Å². The van der Waals surface area contributed by atoms with Crippen molar-refractivity contribution in [3.8, 4) is 0 Å². The number of ether oxygens (including phenoxy) is 2. The van der Waals surface area contributed by atoms with Crippen LogP contribution >= 0.6 is 0 Å². The van der Waals surface area contributed by atoms with Crippen LogP contribution < -0.4 is 5.32 Å². The van der Waals surface area contributed by atoms with Gasteiger partial charge in [0.25, 0.3) is 0 Å². The van der Waals surface area contributed by atoms with Crippen LogP contribution in [0.1, 0.15) is 26.7 Å². The number of nitrogens with one attached hydrogen (secondary N) is 1. The first kappa shape index (κ1) is 19.5. The first-order valence-electron chi connectivity index (χ1n) is 9.52. The molecule has 24 heavy (non-hydrogen) atoms. The monoisotopic (exact) mass is 340 g/mol. The minimum atomic E-state index is 0.604. The third-order valence-electron chi connectivity index (χ3n) is 4.63. The molecule has 1 atom stereocenters. The molecule has 1 unspecified atom stereocenters. The third kappa shape index (κ3) is 6.95. The second-order valence-corrected chi connectivity index (χ2v) is 7.31. The molecule has 0 amide bonds. The molecule has 2 fully saturated rings. The summed E-state index contributed by atoms with van der Waals surface area (Å²) in [6, 6.07) is 0. The fourth-order valence-electron chi connectivity index (χ4n) is 3.33. The summed E-state index contributed by atoms with van der Waals surface area (Å²) in [6.07, 6.45) is 2.16. The second kappa shape index (κ2) is 10.9. The van der Waals surface area contributed by atoms with Gasteiger partial charge in [-0.15, -0.1) is 0 Å². The molecule has 0 aromatic rings. The molecule has 2 saturated heterocycles. The lowest BCUT2D eigenvalue weighted by Crippen LogP contribution is -2.53. The summed E-state index contributed by atoms with van der Waals surface area (Å²) in [7, 11) is 1.87. The van der Waals surface area contributed by atoms with Gasteiger partial charge in [-0.1, -0.05) is 13.8 Å². The molecule has 0 spiro atoms. The van der Waals surface area contributed by atoms with E-state index in [1.165, 1.54) is 6.54 Å². The van der Waals surface area contributed by atoms with E-state index in [4.69, 9.17) is 9.47 Å². The van der Waals surface area contributed by atoms with Crippen LogP contribution in [0.15, 0.2) is 4.99 Å². The Bertz CT molecular complexity index is 362. The molecule has 0 saturated carbocycles. The van der Waals surface area contributed by atoms with Crippen molar-refractivity contribution in [2.75, 3.05) is 72.7 Å². The van der Waals surface area contributed by atoms with Crippen LogP contribution in [0, 0.1) is 11.8 Å². The maximum absolute atomic E-state index is 5.75. The van der Waals surface area contributed by atoms with E-state index in [0.29, 0.717) is 5.92 Å². The average molecular weight is 341 g/mol. The van der Waals surface area contributed by atoms with Crippen LogP contribution in [0.5, 0.6) is 0 Å². The van der Waals surface area contributed by atoms with E-state index < -0.39 is 0 Å². The highest BCUT2D eigenvalue weighted by Gasteiger charge is 2.19. The summed E-state index contributed by atoms with van der Waals surface area (Å²) in [5.41, 5.74) is 0. The molecule has 2 rings (SSSR count). The Hall–Kier alpha value is -0.850. The summed E-state index contributed by atoms with van der Waals surface area (Å²) < 4.78 is 11.1. The number of guanidine groups is 1. The fraction of sp³-hybridized carbons (Fsp3) is 0.944. The topological polar surface area (TPSA) is 49.3 Å². The predicted octanol–water partition coefficient (Wildman–Crippen LogP) is 1.28. The molecule has 2 aliphatic rings. The molecule has 6 nitrogen and oxygen atoms in total. The van der Waals surface area contributed by atoms with Gasteiger partial charge in [-0.3, -0.25) is 9.89 Å². The maximum atomic E-state index is 5.75. The van der Waals surface area contributed by atoms with E-state index in [1.54, 1.807) is 0 Å². The van der Waals surface area contributed by atoms with E-state index in [0.717, 1.165) is 83.9 Å². The van der Waals surface area contributed by atoms with Crippen LogP contribution in [-0.2, 0) is 9.47 Å². The summed E-state index contributed by atoms with van der Waals surface area (Å²) >= 11 is 0. The van der Waals surface area contributed by atoms with E-state index in [9.17, 15) is 0 Å². The van der Waals surface area contributed by atoms with E-state index >= 15 is 0 Å². The van der Waals surface area contributed by atoms with Gasteiger partial charge in [0, 0.05) is 65.4 Å². The number of hydrogen-bond donors (Lipinski definition) is 1. The standard InChI is InChI=1S/C18H36N4O2/c1-16(2)13-21-7-9-22(10-8-21)18(19-3)20-6-4-11-23-14-17-5-12-24-15-17/h16-17H,4-15H2,1-3H3,(H,19,20). The van der Waals surface area contributed by atoms with Crippen molar-refractivity contribution in [2.24, 2.45) is 16.8 Å². The maximum Gasteiger partial charge on any atom is 0.193 e. The summed E-state index contributed by atoms with van der Waals surface area (Å²) in [5.74, 6) is 2.38. The molecule has 140 valence electrons. The first-order chi connectivity index (χ1) is 11.7. The molecule has 0 aromatic carbocycles. The Kier molecular flexibility index (Phi) is 8.84. The molecule has 0 aliphatic carbocycles. The number of hydrogen-bond acceptors (Lipinski definition) is 4. The number of rotatable bonds is 8. The Morgan fingerprint density at radius 2 is 2.08 bits per heavy atom. The van der Waals surface area contributed by atoms with E-state index in [-0.39, 0.29) is 0 Å². The number of piperazine rings is 1. The van der Waals surface area contributed by atoms with Gasteiger partial charge in [-0.05, 0) is 18.8 Å². The average Bonchev–Trinajstić information content (AvgIpc) is 3.08. The van der Waals surface area contributed by atoms with Gasteiger partial charge in [-0.2, -0.15) is 0 Å². The quantitative estimate of drug-likeness (QED) is 0.410. The highest BCUT2D eigenvalue weighted by atomic mass is 16.5. The first-order valence-corrected chi connectivity index (χ1v) is 9.52. The molecule has 2 aliphatic heterocycles. The van der Waals surface area contributed by atoms with Gasteiger partial charge in [0.15, 0.2) is 5.96 Å². The molecule has 2 heterocycles. The van der Waals surface area contributed by atoms with Gasteiger partial charge in [0.2, 0.25) is 0 Å². The third-order valence-corrected chi connectivity index (χ3v) is 4.63. The molecule has 6 heteroatoms. The summed E-state index contributed by atoms with van der Waals surface area (Å²) in [5, 5.41) is 3.48. The highest BCUT2D eigenvalue weighted by Crippen LogP contribution is 2.12. The number of nitrogens with zero attached hydrogens (tertiary/aromatic N) is 3. The van der Waals surface area contributed by atoms with Gasteiger partial charge in [0.05, 0.1) is 13.2 Å². The molecular weight excluding hydrogens is 304 g/mol. The van der Waals surface area contributed by atoms with Crippen molar-refractivity contribution in [3.05, 3.63) is 0 Å². The van der Waals surface area contributed by atoms with Gasteiger partial charge in [0.1, 0.15) is 0 Å². The predicted molar refractivity (Wildman–Crippen MR) is 98.6 cm³/mol. The Morgan fingerprint density at radius 3 is 2.71 bits per heavy atom. The summed E-state index contributed by atoms with van der Waals surface area (Å²) in [4.78, 5) is 9.35. The van der Waals surface area contributed by atoms with Crippen molar-refractivity contribution in [1.29, 1.82) is 0 Å². The number of aliphatic imine (C=N–C) groups is 1. The lowest BCUT2D eigenvalue weighted by molar-refractivity contribution is 0.0886. The minimum absolute atomic E-state index is 0.604. The Balaban J connectivity index is 1.54. The van der Waals surface area contributed by atoms with Crippen molar-refractivity contribution >= 4 is 5.96 Å². The van der Waals surface area contributed by atoms with Crippen molar-refractivity contribution in [3.63, 3.8) is 0 Å². The van der Waals surface area contributed by atoms with Crippen LogP contribution in [0.3, 0.4) is 0 Å². The Labute approximate surface area is 147 Å². The molecule has 0 radical (unpaired) electrons. The zero-order valence-corrected chi connectivity index (χ0v) is 15.8. The van der Waals surface area contributed by atoms with Gasteiger partial charge < -0.3 is 19.7 Å². The van der Waals surface area contributed by atoms with E-state index in [2.05, 4.69) is 34.0 Å². The van der Waals surface area contributed by atoms with Crippen LogP contribution in [-0.4, -0.2) is 88.5 Å². The van der Waals surface area contributed by atoms with Crippen LogP contribution in [0.2, 0.25) is 0 Å². The van der Waals surface area contributed by atoms with Crippen molar-refractivity contribution < 1.29 is 9.47 Å². The zero-order valence-electron chi connectivity index (χ0n) is 15.8. The second-order valence-electron chi connectivity index (χ2n) is 7.31. The molecular formula is C18H36N4O2. The fourth-order valence-corrected chi connectivity index (χ4v) is 3.33. The largest absolute Gasteiger partial charge is 0.381 e. The van der Waals surface area contributed by atoms with Crippen LogP contribution in [0.4, 0.5) is 0 Å². The molecule has 0 aromatic heterocycles. The van der Waals surface area contributed by atoms with Gasteiger partial charge in [-0.25, -0.2) is 0 Å². The lowest BCUT2D eigenvalue weighted by atomic mass is 10.1. The lowest BCUT2D eigenvalue weighted by Gasteiger charge is -2.37. The molecule has 1 N–H and O–H groups in total. The van der Waals surface area contributed by atoms with Crippen molar-refractivity contribution in [1.82, 2.24) is 15.1 Å². The Morgan fingerprint density at radius 1 is 1.29 bits per heavy atom. The van der Waals surface area contributed by atoms with Crippen molar-refractivity contribution in [2.45, 2.75) is 26.7 Å². The SMILES string of the molecule is CN=C(NCCCOCC1CCOC1)N1CCN(CC(C)C)CC1. The highest BCUT2D eigenvalue weighted by molar-refractivity contribution is 5.79. The van der Waals surface area contributed by atoms with Gasteiger partial charge >= 0.3 is 0 Å².